The highest BCUT2D eigenvalue weighted by Crippen LogP contribution is 2.43. The highest BCUT2D eigenvalue weighted by molar-refractivity contribution is 5.98. The summed E-state index contributed by atoms with van der Waals surface area (Å²) in [6.45, 7) is 1.78. The quantitative estimate of drug-likeness (QED) is 0.472. The minimum Gasteiger partial charge on any atom is -0.347 e. The van der Waals surface area contributed by atoms with Crippen molar-refractivity contribution in [2.75, 3.05) is 0 Å². The molecule has 1 saturated carbocycles. The van der Waals surface area contributed by atoms with E-state index in [9.17, 15) is 40.3 Å². The van der Waals surface area contributed by atoms with Crippen molar-refractivity contribution >= 4 is 11.8 Å². The number of rotatable bonds is 6. The fourth-order valence-electron chi connectivity index (χ4n) is 4.80. The number of halogens is 7. The van der Waals surface area contributed by atoms with E-state index in [2.05, 4.69) is 10.3 Å². The van der Waals surface area contributed by atoms with Gasteiger partial charge in [-0.15, -0.1) is 0 Å². The second-order valence-corrected chi connectivity index (χ2v) is 9.35. The Balaban J connectivity index is 1.59. The van der Waals surface area contributed by atoms with Crippen molar-refractivity contribution < 1.29 is 40.3 Å². The van der Waals surface area contributed by atoms with Gasteiger partial charge in [0.15, 0.2) is 0 Å². The van der Waals surface area contributed by atoms with Crippen LogP contribution in [-0.4, -0.2) is 33.8 Å². The van der Waals surface area contributed by atoms with Gasteiger partial charge in [-0.2, -0.15) is 26.3 Å². The predicted molar refractivity (Wildman–Crippen MR) is 118 cm³/mol. The lowest BCUT2D eigenvalue weighted by Crippen LogP contribution is -2.49. The average Bonchev–Trinajstić information content (AvgIpc) is 3.58. The molecule has 3 atom stereocenters. The molecule has 0 spiro atoms. The van der Waals surface area contributed by atoms with Gasteiger partial charge in [-0.1, -0.05) is 13.0 Å². The second kappa shape index (κ2) is 9.94. The summed E-state index contributed by atoms with van der Waals surface area (Å²) >= 11 is 0. The molecule has 1 aliphatic heterocycles. The Morgan fingerprint density at radius 2 is 1.73 bits per heavy atom. The Bertz CT molecular complexity index is 1180. The molecule has 4 rings (SSSR count). The summed E-state index contributed by atoms with van der Waals surface area (Å²) in [5, 5.41) is 2.71. The van der Waals surface area contributed by atoms with Crippen molar-refractivity contribution in [1.82, 2.24) is 15.2 Å². The van der Waals surface area contributed by atoms with Crippen LogP contribution in [0, 0.1) is 11.7 Å². The molecular weight excluding hydrogens is 507 g/mol. The average molecular weight is 531 g/mol. The molecule has 0 radical (unpaired) electrons. The number of carbonyl (C=O) groups excluding carboxylic acids is 2. The molecule has 37 heavy (non-hydrogen) atoms. The molecule has 2 fully saturated rings. The summed E-state index contributed by atoms with van der Waals surface area (Å²) in [7, 11) is 0. The highest BCUT2D eigenvalue weighted by atomic mass is 19.4. The van der Waals surface area contributed by atoms with Crippen molar-refractivity contribution in [1.29, 1.82) is 0 Å². The third kappa shape index (κ3) is 5.72. The summed E-state index contributed by atoms with van der Waals surface area (Å²) in [5.74, 6) is -2.68. The van der Waals surface area contributed by atoms with Crippen molar-refractivity contribution in [2.24, 2.45) is 5.92 Å². The zero-order chi connectivity index (χ0) is 27.1. The van der Waals surface area contributed by atoms with Crippen LogP contribution in [0.3, 0.4) is 0 Å². The first-order valence-corrected chi connectivity index (χ1v) is 11.8. The third-order valence-electron chi connectivity index (χ3n) is 6.86. The normalized spacial score (nSPS) is 21.1. The molecule has 2 aromatic rings. The van der Waals surface area contributed by atoms with Crippen LogP contribution in [0.4, 0.5) is 30.7 Å². The molecular formula is C25H24F7N3O2. The van der Waals surface area contributed by atoms with Crippen LogP contribution >= 0.6 is 0 Å². The van der Waals surface area contributed by atoms with Gasteiger partial charge in [0.05, 0.1) is 11.6 Å². The summed E-state index contributed by atoms with van der Waals surface area (Å²) in [6.07, 6.45) is -6.23. The minimum absolute atomic E-state index is 0.0873. The third-order valence-corrected chi connectivity index (χ3v) is 6.86. The molecule has 5 nitrogen and oxygen atoms in total. The summed E-state index contributed by atoms with van der Waals surface area (Å²) in [6, 6.07) is 1.58. The largest absolute Gasteiger partial charge is 0.433 e. The van der Waals surface area contributed by atoms with Gasteiger partial charge in [0.2, 0.25) is 5.91 Å². The molecule has 1 aromatic carbocycles. The summed E-state index contributed by atoms with van der Waals surface area (Å²) < 4.78 is 93.0. The Morgan fingerprint density at radius 3 is 2.30 bits per heavy atom. The molecule has 2 heterocycles. The number of nitrogens with one attached hydrogen (secondary N) is 1. The number of likely N-dealkylation sites (tertiary alicyclic amines) is 1. The van der Waals surface area contributed by atoms with Crippen LogP contribution in [0.25, 0.3) is 0 Å². The predicted octanol–water partition coefficient (Wildman–Crippen LogP) is 5.91. The van der Waals surface area contributed by atoms with Crippen molar-refractivity contribution in [3.8, 4) is 0 Å². The van der Waals surface area contributed by atoms with Gasteiger partial charge in [-0.05, 0) is 62.3 Å². The maximum absolute atomic E-state index is 14.7. The molecule has 1 unspecified atom stereocenters. The molecule has 2 aliphatic rings. The number of hydrogen-bond acceptors (Lipinski definition) is 3. The number of pyridine rings is 1. The zero-order valence-electron chi connectivity index (χ0n) is 19.7. The Morgan fingerprint density at radius 1 is 1.03 bits per heavy atom. The lowest BCUT2D eigenvalue weighted by molar-refractivity contribution is -0.141. The van der Waals surface area contributed by atoms with Crippen molar-refractivity contribution in [2.45, 2.75) is 69.5 Å². The van der Waals surface area contributed by atoms with Gasteiger partial charge in [0, 0.05) is 23.4 Å². The fourth-order valence-corrected chi connectivity index (χ4v) is 4.80. The van der Waals surface area contributed by atoms with Crippen LogP contribution in [0.5, 0.6) is 0 Å². The second-order valence-electron chi connectivity index (χ2n) is 9.35. The van der Waals surface area contributed by atoms with Gasteiger partial charge in [-0.25, -0.2) is 4.39 Å². The van der Waals surface area contributed by atoms with Crippen LogP contribution in [-0.2, 0) is 17.1 Å². The molecule has 200 valence electrons. The van der Waals surface area contributed by atoms with Crippen molar-refractivity contribution in [3.05, 3.63) is 64.7 Å². The Kier molecular flexibility index (Phi) is 7.22. The minimum atomic E-state index is -4.76. The van der Waals surface area contributed by atoms with Crippen LogP contribution < -0.4 is 5.32 Å². The first-order valence-electron chi connectivity index (χ1n) is 11.8. The zero-order valence-corrected chi connectivity index (χ0v) is 19.7. The van der Waals surface area contributed by atoms with E-state index < -0.39 is 59.4 Å². The number of benzene rings is 1. The first kappa shape index (κ1) is 26.9. The van der Waals surface area contributed by atoms with Crippen LogP contribution in [0.2, 0.25) is 0 Å². The molecule has 2 amide bonds. The molecule has 12 heteroatoms. The van der Waals surface area contributed by atoms with E-state index in [1.54, 1.807) is 6.92 Å². The monoisotopic (exact) mass is 531 g/mol. The molecule has 1 N–H and O–H groups in total. The van der Waals surface area contributed by atoms with Gasteiger partial charge in [-0.3, -0.25) is 14.6 Å². The lowest BCUT2D eigenvalue weighted by Gasteiger charge is -2.31. The number of carbonyl (C=O) groups is 2. The molecule has 1 saturated heterocycles. The van der Waals surface area contributed by atoms with Gasteiger partial charge >= 0.3 is 12.4 Å². The number of alkyl halides is 6. The maximum Gasteiger partial charge on any atom is 0.433 e. The molecule has 0 bridgehead atoms. The number of aromatic nitrogens is 1. The fraction of sp³-hybridized carbons (Fsp3) is 0.480. The maximum atomic E-state index is 14.7. The van der Waals surface area contributed by atoms with Gasteiger partial charge in [0.1, 0.15) is 17.6 Å². The summed E-state index contributed by atoms with van der Waals surface area (Å²) in [4.78, 5) is 31.1. The van der Waals surface area contributed by atoms with Crippen LogP contribution in [0.15, 0.2) is 36.5 Å². The Labute approximate surface area is 208 Å². The van der Waals surface area contributed by atoms with E-state index >= 15 is 0 Å². The van der Waals surface area contributed by atoms with E-state index in [0.29, 0.717) is 37.8 Å². The molecule has 1 aliphatic carbocycles. The first-order chi connectivity index (χ1) is 17.3. The van der Waals surface area contributed by atoms with E-state index in [0.717, 1.165) is 24.4 Å². The van der Waals surface area contributed by atoms with Crippen LogP contribution in [0.1, 0.15) is 72.2 Å². The van der Waals surface area contributed by atoms with Crippen molar-refractivity contribution in [3.63, 3.8) is 0 Å². The topological polar surface area (TPSA) is 62.3 Å². The number of amides is 2. The van der Waals surface area contributed by atoms with E-state index in [1.165, 1.54) is 4.90 Å². The van der Waals surface area contributed by atoms with E-state index in [-0.39, 0.29) is 23.5 Å². The smallest absolute Gasteiger partial charge is 0.347 e. The standard InChI is InChI=1S/C25H24F7N3O2/c1-2-16-6-8-19(35(16)23(37)14-9-10-33-20(11-14)25(30,31)32)22(36)34-21(13-3-4-13)17-7-5-15(12-18(17)26)24(27,28)29/h5,7,9-13,16,19,21H,2-4,6,8H2,1H3,(H,34,36)/t16-,19-,21?/m1/s1. The summed E-state index contributed by atoms with van der Waals surface area (Å²) in [5.41, 5.74) is -2.74. The lowest BCUT2D eigenvalue weighted by atomic mass is 9.99. The van der Waals surface area contributed by atoms with E-state index in [4.69, 9.17) is 0 Å². The van der Waals surface area contributed by atoms with E-state index in [1.807, 2.05) is 0 Å². The van der Waals surface area contributed by atoms with Gasteiger partial charge < -0.3 is 10.2 Å². The Hall–Kier alpha value is -3.18. The van der Waals surface area contributed by atoms with Gasteiger partial charge in [0.25, 0.3) is 5.91 Å². The SMILES string of the molecule is CC[C@@H]1CC[C@H](C(=O)NC(c2ccc(C(F)(F)F)cc2F)C2CC2)N1C(=O)c1ccnc(C(F)(F)F)c1. The number of nitrogens with zero attached hydrogens (tertiary/aromatic N) is 2. The highest BCUT2D eigenvalue weighted by Gasteiger charge is 2.44. The molecule has 1 aromatic heterocycles. The number of hydrogen-bond donors (Lipinski definition) is 1.